The summed E-state index contributed by atoms with van der Waals surface area (Å²) in [5.74, 6) is -4.56. The Morgan fingerprint density at radius 2 is 0.573 bits per heavy atom. The first-order chi connectivity index (χ1) is 56.2. The third-order valence-corrected chi connectivity index (χ3v) is 18.1. The lowest BCUT2D eigenvalue weighted by molar-refractivity contribution is -0.270. The van der Waals surface area contributed by atoms with Gasteiger partial charge in [-0.2, -0.15) is 0 Å². The van der Waals surface area contributed by atoms with Crippen LogP contribution in [0.3, 0.4) is 0 Å². The molecule has 44 nitrogen and oxygen atoms in total. The third-order valence-electron chi connectivity index (χ3n) is 18.1. The molecule has 0 spiro atoms. The Bertz CT molecular complexity index is 2610. The van der Waals surface area contributed by atoms with Crippen LogP contribution >= 0.6 is 0 Å². The number of aliphatic hydroxyl groups is 9. The van der Waals surface area contributed by atoms with Gasteiger partial charge >= 0.3 is 0 Å². The highest BCUT2D eigenvalue weighted by molar-refractivity contribution is 5.80. The molecule has 0 aromatic heterocycles. The van der Waals surface area contributed by atoms with Crippen LogP contribution in [0, 0.1) is 0 Å². The van der Waals surface area contributed by atoms with Gasteiger partial charge in [-0.05, 0) is 57.8 Å². The fourth-order valence-corrected chi connectivity index (χ4v) is 11.8. The van der Waals surface area contributed by atoms with Crippen LogP contribution in [0.25, 0.3) is 0 Å². The van der Waals surface area contributed by atoms with Crippen molar-refractivity contribution >= 4 is 65.0 Å². The molecule has 0 unspecified atom stereocenters. The zero-order valence-electron chi connectivity index (χ0n) is 67.6. The van der Waals surface area contributed by atoms with Crippen LogP contribution in [-0.4, -0.2) is 380 Å². The smallest absolute Gasteiger partial charge is 0.222 e. The Labute approximate surface area is 681 Å². The Balaban J connectivity index is 1.58. The second-order valence-corrected chi connectivity index (χ2v) is 28.2. The van der Waals surface area contributed by atoms with Gasteiger partial charge < -0.3 is 167 Å². The van der Waals surface area contributed by atoms with E-state index in [9.17, 15) is 98.7 Å². The molecule has 676 valence electrons. The van der Waals surface area contributed by atoms with E-state index >= 15 is 0 Å². The van der Waals surface area contributed by atoms with Crippen molar-refractivity contribution in [2.24, 2.45) is 5.73 Å². The minimum absolute atomic E-state index is 0.0227. The molecule has 3 heterocycles. The summed E-state index contributed by atoms with van der Waals surface area (Å²) >= 11 is 0. The lowest BCUT2D eigenvalue weighted by Crippen LogP contribution is -2.64. The zero-order valence-corrected chi connectivity index (χ0v) is 67.6. The molecular formula is C73H132N12O32. The molecule has 0 bridgehead atoms. The first-order valence-electron chi connectivity index (χ1n) is 40.1. The Morgan fingerprint density at radius 3 is 0.855 bits per heavy atom. The lowest BCUT2D eigenvalue weighted by atomic mass is 9.97. The fraction of sp³-hybridized carbons (Fsp3) is 0.849. The normalized spacial score (nSPS) is 23.2. The largest absolute Gasteiger partial charge is 0.394 e. The summed E-state index contributed by atoms with van der Waals surface area (Å²) < 4.78 is 68.1. The number of amides is 11. The van der Waals surface area contributed by atoms with E-state index in [2.05, 4.69) is 58.5 Å². The van der Waals surface area contributed by atoms with Crippen molar-refractivity contribution in [3.8, 4) is 0 Å². The van der Waals surface area contributed by atoms with Crippen LogP contribution in [0.15, 0.2) is 0 Å². The summed E-state index contributed by atoms with van der Waals surface area (Å²) in [6, 6.07) is -3.32. The van der Waals surface area contributed by atoms with Crippen LogP contribution in [0.5, 0.6) is 0 Å². The molecule has 11 amide bonds. The molecule has 3 aliphatic heterocycles. The third kappa shape index (κ3) is 45.5. The van der Waals surface area contributed by atoms with Crippen molar-refractivity contribution in [3.05, 3.63) is 0 Å². The molecule has 0 aromatic carbocycles. The summed E-state index contributed by atoms with van der Waals surface area (Å²) in [4.78, 5) is 139. The van der Waals surface area contributed by atoms with Gasteiger partial charge in [0.2, 0.25) is 65.0 Å². The van der Waals surface area contributed by atoms with Gasteiger partial charge in [0.1, 0.15) is 78.6 Å². The van der Waals surface area contributed by atoms with Crippen LogP contribution in [0.4, 0.5) is 0 Å². The molecule has 22 N–H and O–H groups in total. The highest BCUT2D eigenvalue weighted by Gasteiger charge is 2.48. The number of ether oxygens (including phenoxy) is 12. The zero-order chi connectivity index (χ0) is 86.2. The van der Waals surface area contributed by atoms with E-state index in [1.54, 1.807) is 0 Å². The van der Waals surface area contributed by atoms with Gasteiger partial charge in [-0.15, -0.1) is 0 Å². The van der Waals surface area contributed by atoms with Gasteiger partial charge in [-0.25, -0.2) is 0 Å². The van der Waals surface area contributed by atoms with E-state index in [1.165, 1.54) is 20.8 Å². The number of carbonyl (C=O) groups is 11. The molecule has 0 aliphatic carbocycles. The van der Waals surface area contributed by atoms with Crippen LogP contribution in [0.1, 0.15) is 130 Å². The quantitative estimate of drug-likeness (QED) is 0.0252. The van der Waals surface area contributed by atoms with Crippen molar-refractivity contribution in [1.29, 1.82) is 0 Å². The predicted octanol–water partition coefficient (Wildman–Crippen LogP) is -8.77. The van der Waals surface area contributed by atoms with Gasteiger partial charge in [0, 0.05) is 144 Å². The summed E-state index contributed by atoms with van der Waals surface area (Å²) in [6.45, 7) is 3.62. The molecule has 0 saturated carbocycles. The second-order valence-electron chi connectivity index (χ2n) is 28.2. The van der Waals surface area contributed by atoms with E-state index < -0.39 is 165 Å². The maximum atomic E-state index is 13.9. The van der Waals surface area contributed by atoms with Crippen molar-refractivity contribution in [3.63, 3.8) is 0 Å². The van der Waals surface area contributed by atoms with Crippen molar-refractivity contribution in [1.82, 2.24) is 58.5 Å². The van der Waals surface area contributed by atoms with Crippen molar-refractivity contribution in [2.45, 2.75) is 227 Å². The number of aliphatic hydroxyl groups excluding tert-OH is 9. The minimum atomic E-state index is -1.55. The average molecular weight is 1690 g/mol. The summed E-state index contributed by atoms with van der Waals surface area (Å²) in [6.07, 6.45) is -12.8. The standard InChI is InChI=1S/C73H132N12O32/c1-47(89)82-61-67(103)64(100)50(41-86)115-70(61)112-29-7-4-13-53(92)75-22-10-25-78-56(95)18-33-109-44-73(85-60(99)16-28-81-59(98)17-32-106-37-39-108-40-38-107-36-21-74,45-110-34-19-57(96)79-26-11-23-76-54(93)14-5-8-30-113-71-62(83-48(2)90)68(104)65(101)51(42-87)116-71)46-111-35-20-58(97)80-27-12-24-77-55(94)15-6-9-31-114-72-63(84-49(3)91)69(105)66(102)52(43-88)117-72/h50-52,61-72,86-88,100-105H,4-46,74H2,1-3H3,(H,75,92)(H,76,93)(H,77,94)(H,78,95)(H,79,96)(H,80,97)(H,81,98)(H,82,89)(H,83,90)(H,84,91)(H,85,99)/t50-,51-,52-,61-,62-,63-,64+,65+,66+,67-,68-,69-,70-,71-,72-/m1/s1. The molecule has 3 saturated heterocycles. The maximum Gasteiger partial charge on any atom is 0.222 e. The fourth-order valence-electron chi connectivity index (χ4n) is 11.8. The van der Waals surface area contributed by atoms with Crippen LogP contribution < -0.4 is 64.2 Å². The number of hydrogen-bond donors (Lipinski definition) is 21. The van der Waals surface area contributed by atoms with E-state index in [1.807, 2.05) is 0 Å². The van der Waals surface area contributed by atoms with Crippen molar-refractivity contribution < 1.29 is 156 Å². The SMILES string of the molecule is CC(=O)N[C@H]1[C@H](OCCCCC(=O)NCCCNC(=O)CCOCC(COCCC(=O)NCCCNC(=O)CCCCO[C@@H]2O[C@H](CO)[C@H](O)[C@H](O)[C@H]2NC(C)=O)(COCCC(=O)NCCCNC(=O)CCCCO[C@@H]2O[C@H](CO)[C@H](O)[C@H](O)[C@H]2NC(C)=O)NC(=O)CCNC(=O)CCOCCOCCOCCN)O[C@H](CO)[C@H](O)[C@@H]1O. The average Bonchev–Trinajstić information content (AvgIpc) is 0.819. The van der Waals surface area contributed by atoms with Crippen molar-refractivity contribution in [2.75, 3.05) is 171 Å². The van der Waals surface area contributed by atoms with Gasteiger partial charge in [0.15, 0.2) is 18.9 Å². The summed E-state index contributed by atoms with van der Waals surface area (Å²) in [7, 11) is 0. The van der Waals surface area contributed by atoms with E-state index in [4.69, 9.17) is 62.6 Å². The van der Waals surface area contributed by atoms with Gasteiger partial charge in [-0.1, -0.05) is 0 Å². The molecule has 44 heteroatoms. The monoisotopic (exact) mass is 1690 g/mol. The molecule has 117 heavy (non-hydrogen) atoms. The number of unbranched alkanes of at least 4 members (excludes halogenated alkanes) is 3. The lowest BCUT2D eigenvalue weighted by Gasteiger charge is -2.42. The van der Waals surface area contributed by atoms with Gasteiger partial charge in [-0.3, -0.25) is 52.7 Å². The molecule has 0 radical (unpaired) electrons. The summed E-state index contributed by atoms with van der Waals surface area (Å²) in [5, 5.41) is 121. The highest BCUT2D eigenvalue weighted by Crippen LogP contribution is 2.26. The van der Waals surface area contributed by atoms with E-state index in [0.29, 0.717) is 84.2 Å². The van der Waals surface area contributed by atoms with Gasteiger partial charge in [0.25, 0.3) is 0 Å². The molecular weight excluding hydrogens is 1560 g/mol. The Hall–Kier alpha value is -6.71. The number of carbonyl (C=O) groups excluding carboxylic acids is 11. The molecule has 15 atom stereocenters. The highest BCUT2D eigenvalue weighted by atomic mass is 16.7. The number of hydrogen-bond acceptors (Lipinski definition) is 33. The van der Waals surface area contributed by atoms with E-state index in [0.717, 1.165) is 0 Å². The predicted molar refractivity (Wildman–Crippen MR) is 408 cm³/mol. The Morgan fingerprint density at radius 1 is 0.308 bits per heavy atom. The molecule has 3 rings (SSSR count). The number of rotatable bonds is 66. The minimum Gasteiger partial charge on any atom is -0.394 e. The Kier molecular flexibility index (Phi) is 55.7. The molecule has 3 aliphatic rings. The maximum absolute atomic E-state index is 13.9. The first kappa shape index (κ1) is 104. The second kappa shape index (κ2) is 62.4. The van der Waals surface area contributed by atoms with E-state index in [-0.39, 0.29) is 194 Å². The molecule has 0 aromatic rings. The summed E-state index contributed by atoms with van der Waals surface area (Å²) in [5.41, 5.74) is 3.87. The van der Waals surface area contributed by atoms with Crippen LogP contribution in [-0.2, 0) is 110 Å². The topological polar surface area (TPSA) is 639 Å². The number of nitrogens with two attached hydrogens (primary N) is 1. The molecule has 3 fully saturated rings. The van der Waals surface area contributed by atoms with Crippen LogP contribution in [0.2, 0.25) is 0 Å². The van der Waals surface area contributed by atoms with Gasteiger partial charge in [0.05, 0.1) is 99.1 Å². The first-order valence-corrected chi connectivity index (χ1v) is 40.1. The number of nitrogens with one attached hydrogen (secondary N) is 11.